The van der Waals surface area contributed by atoms with Crippen LogP contribution in [0.15, 0.2) is 18.2 Å². The Hall–Kier alpha value is -1.58. The molecule has 2 saturated heterocycles. The molecule has 8 nitrogen and oxygen atoms in total. The van der Waals surface area contributed by atoms with Crippen molar-refractivity contribution >= 4 is 5.69 Å². The average molecular weight is 365 g/mol. The molecule has 1 aromatic carbocycles. The van der Waals surface area contributed by atoms with Gasteiger partial charge in [-0.15, -0.1) is 0 Å². The highest BCUT2D eigenvalue weighted by Gasteiger charge is 2.35. The van der Waals surface area contributed by atoms with Crippen molar-refractivity contribution in [3.8, 4) is 11.5 Å². The molecule has 5 N–H and O–H groups in total. The van der Waals surface area contributed by atoms with E-state index >= 15 is 0 Å². The fourth-order valence-electron chi connectivity index (χ4n) is 3.47. The summed E-state index contributed by atoms with van der Waals surface area (Å²) in [4.78, 5) is 2.11. The zero-order valence-electron chi connectivity index (χ0n) is 15.8. The second kappa shape index (κ2) is 8.41. The third kappa shape index (κ3) is 4.77. The molecule has 1 aromatic rings. The molecule has 2 heterocycles. The van der Waals surface area contributed by atoms with E-state index in [2.05, 4.69) is 26.2 Å². The third-order valence-corrected chi connectivity index (χ3v) is 4.99. The van der Waals surface area contributed by atoms with Crippen molar-refractivity contribution in [2.24, 2.45) is 0 Å². The average Bonchev–Trinajstić information content (AvgIpc) is 2.99. The quantitative estimate of drug-likeness (QED) is 0.460. The number of rotatable bonds is 7. The third-order valence-electron chi connectivity index (χ3n) is 4.99. The van der Waals surface area contributed by atoms with Crippen molar-refractivity contribution in [1.82, 2.24) is 20.9 Å². The highest BCUT2D eigenvalue weighted by molar-refractivity contribution is 5.55. The maximum atomic E-state index is 10.6. The predicted molar refractivity (Wildman–Crippen MR) is 102 cm³/mol. The molecule has 0 radical (unpaired) electrons. The highest BCUT2D eigenvalue weighted by Crippen LogP contribution is 2.32. The maximum absolute atomic E-state index is 10.6. The monoisotopic (exact) mass is 365 g/mol. The van der Waals surface area contributed by atoms with Crippen LogP contribution in [-0.2, 0) is 0 Å². The molecule has 0 bridgehead atoms. The number of nitrogens with zero attached hydrogens (tertiary/aromatic N) is 1. The molecule has 0 aliphatic carbocycles. The standard InChI is InChI=1S/C18H31N5O3/c1-19-16-6-8-20-17(22-16)21-13-4-5-14(25-3)15(10-13)26-12-18(24)7-9-23(2)11-18/h4-5,10,16-17,19-22,24H,6-9,11-12H2,1-3H3. The molecular weight excluding hydrogens is 334 g/mol. The van der Waals surface area contributed by atoms with Gasteiger partial charge in [-0.2, -0.15) is 0 Å². The Kier molecular flexibility index (Phi) is 6.20. The van der Waals surface area contributed by atoms with Gasteiger partial charge in [0.15, 0.2) is 11.5 Å². The molecule has 0 saturated carbocycles. The van der Waals surface area contributed by atoms with Crippen LogP contribution in [0.25, 0.3) is 0 Å². The molecule has 2 fully saturated rings. The van der Waals surface area contributed by atoms with Crippen molar-refractivity contribution in [2.45, 2.75) is 30.9 Å². The van der Waals surface area contributed by atoms with Gasteiger partial charge in [-0.1, -0.05) is 0 Å². The number of methoxy groups -OCH3 is 1. The Morgan fingerprint density at radius 3 is 2.92 bits per heavy atom. The minimum Gasteiger partial charge on any atom is -0.493 e. The number of hydrogen-bond acceptors (Lipinski definition) is 8. The predicted octanol–water partition coefficient (Wildman–Crippen LogP) is -0.0355. The Morgan fingerprint density at radius 2 is 2.23 bits per heavy atom. The van der Waals surface area contributed by atoms with Crippen LogP contribution in [0, 0.1) is 0 Å². The first kappa shape index (κ1) is 19.2. The number of β-amino-alcohol motifs (C(OH)–C–C–N with tert-alkyl or cyclic N) is 1. The Bertz CT molecular complexity index is 602. The van der Waals surface area contributed by atoms with E-state index in [-0.39, 0.29) is 19.1 Å². The fourth-order valence-corrected chi connectivity index (χ4v) is 3.47. The highest BCUT2D eigenvalue weighted by atomic mass is 16.5. The summed E-state index contributed by atoms with van der Waals surface area (Å²) in [6.07, 6.45) is 1.98. The molecule has 3 unspecified atom stereocenters. The van der Waals surface area contributed by atoms with Gasteiger partial charge in [0.2, 0.25) is 0 Å². The van der Waals surface area contributed by atoms with E-state index in [9.17, 15) is 5.11 Å². The van der Waals surface area contributed by atoms with Crippen molar-refractivity contribution in [3.63, 3.8) is 0 Å². The van der Waals surface area contributed by atoms with E-state index < -0.39 is 5.60 Å². The van der Waals surface area contributed by atoms with E-state index in [0.29, 0.717) is 24.5 Å². The van der Waals surface area contributed by atoms with Gasteiger partial charge in [-0.25, -0.2) is 0 Å². The Labute approximate surface area is 155 Å². The molecular formula is C18H31N5O3. The zero-order valence-corrected chi connectivity index (χ0v) is 15.8. The van der Waals surface area contributed by atoms with Crippen molar-refractivity contribution in [1.29, 1.82) is 0 Å². The van der Waals surface area contributed by atoms with Crippen LogP contribution >= 0.6 is 0 Å². The van der Waals surface area contributed by atoms with Gasteiger partial charge < -0.3 is 30.1 Å². The van der Waals surface area contributed by atoms with E-state index in [1.165, 1.54) is 0 Å². The van der Waals surface area contributed by atoms with Crippen LogP contribution in [0.1, 0.15) is 12.8 Å². The summed E-state index contributed by atoms with van der Waals surface area (Å²) in [5.74, 6) is 1.28. The lowest BCUT2D eigenvalue weighted by molar-refractivity contribution is 0.00508. The first-order chi connectivity index (χ1) is 12.5. The lowest BCUT2D eigenvalue weighted by atomic mass is 10.1. The largest absolute Gasteiger partial charge is 0.493 e. The van der Waals surface area contributed by atoms with Crippen molar-refractivity contribution in [2.75, 3.05) is 52.8 Å². The first-order valence-electron chi connectivity index (χ1n) is 9.16. The summed E-state index contributed by atoms with van der Waals surface area (Å²) < 4.78 is 11.3. The summed E-state index contributed by atoms with van der Waals surface area (Å²) in [6, 6.07) is 5.74. The molecule has 0 spiro atoms. The summed E-state index contributed by atoms with van der Waals surface area (Å²) in [5.41, 5.74) is 0.105. The smallest absolute Gasteiger partial charge is 0.163 e. The second-order valence-corrected chi connectivity index (χ2v) is 7.19. The number of likely N-dealkylation sites (tertiary alicyclic amines) is 1. The summed E-state index contributed by atoms with van der Waals surface area (Å²) >= 11 is 0. The van der Waals surface area contributed by atoms with Crippen LogP contribution in [-0.4, -0.2) is 75.5 Å². The summed E-state index contributed by atoms with van der Waals surface area (Å²) in [6.45, 7) is 2.67. The molecule has 26 heavy (non-hydrogen) atoms. The minimum absolute atomic E-state index is 0.0323. The number of ether oxygens (including phenoxy) is 2. The molecule has 8 heteroatoms. The van der Waals surface area contributed by atoms with Gasteiger partial charge in [0.1, 0.15) is 18.5 Å². The number of anilines is 1. The molecule has 0 amide bonds. The molecule has 3 atom stereocenters. The van der Waals surface area contributed by atoms with E-state index in [0.717, 1.165) is 25.2 Å². The molecule has 2 aliphatic heterocycles. The number of hydrogen-bond donors (Lipinski definition) is 5. The van der Waals surface area contributed by atoms with Crippen molar-refractivity contribution in [3.05, 3.63) is 18.2 Å². The summed E-state index contributed by atoms with van der Waals surface area (Å²) in [5, 5.41) is 24.1. The molecule has 146 valence electrons. The van der Waals surface area contributed by atoms with Crippen LogP contribution < -0.4 is 30.7 Å². The SMILES string of the molecule is CNC1CCNC(Nc2ccc(OC)c(OCC3(O)CCN(C)C3)c2)N1. The molecule has 0 aromatic heterocycles. The number of likely N-dealkylation sites (N-methyl/N-ethyl adjacent to an activating group) is 1. The van der Waals surface area contributed by atoms with E-state index in [4.69, 9.17) is 9.47 Å². The van der Waals surface area contributed by atoms with Gasteiger partial charge in [0.25, 0.3) is 0 Å². The first-order valence-corrected chi connectivity index (χ1v) is 9.16. The fraction of sp³-hybridized carbons (Fsp3) is 0.667. The van der Waals surface area contributed by atoms with E-state index in [1.807, 2.05) is 32.3 Å². The number of aliphatic hydroxyl groups is 1. The van der Waals surface area contributed by atoms with Gasteiger partial charge >= 0.3 is 0 Å². The van der Waals surface area contributed by atoms with Gasteiger partial charge in [-0.05, 0) is 39.1 Å². The van der Waals surface area contributed by atoms with Gasteiger partial charge in [-0.3, -0.25) is 10.6 Å². The van der Waals surface area contributed by atoms with Crippen LogP contribution in [0.3, 0.4) is 0 Å². The van der Waals surface area contributed by atoms with Crippen LogP contribution in [0.2, 0.25) is 0 Å². The second-order valence-electron chi connectivity index (χ2n) is 7.19. The number of nitrogens with one attached hydrogen (secondary N) is 4. The normalized spacial score (nSPS) is 29.5. The van der Waals surface area contributed by atoms with Crippen LogP contribution in [0.4, 0.5) is 5.69 Å². The molecule has 2 aliphatic rings. The van der Waals surface area contributed by atoms with E-state index in [1.54, 1.807) is 7.11 Å². The maximum Gasteiger partial charge on any atom is 0.163 e. The lowest BCUT2D eigenvalue weighted by Crippen LogP contribution is -2.61. The Balaban J connectivity index is 1.64. The number of benzene rings is 1. The van der Waals surface area contributed by atoms with Crippen LogP contribution in [0.5, 0.6) is 11.5 Å². The lowest BCUT2D eigenvalue weighted by Gasteiger charge is -2.33. The molecule has 3 rings (SSSR count). The van der Waals surface area contributed by atoms with Gasteiger partial charge in [0.05, 0.1) is 13.3 Å². The summed E-state index contributed by atoms with van der Waals surface area (Å²) in [7, 11) is 5.57. The Morgan fingerprint density at radius 1 is 1.38 bits per heavy atom. The van der Waals surface area contributed by atoms with Gasteiger partial charge in [0, 0.05) is 31.4 Å². The topological polar surface area (TPSA) is 90.0 Å². The zero-order chi connectivity index (χ0) is 18.6. The minimum atomic E-state index is -0.810. The van der Waals surface area contributed by atoms with Crippen molar-refractivity contribution < 1.29 is 14.6 Å².